The molecule has 3 aromatic carbocycles. The Labute approximate surface area is 354 Å². The Kier molecular flexibility index (Phi) is 11.3. The van der Waals surface area contributed by atoms with Gasteiger partial charge in [0.05, 0.1) is 27.6 Å². The minimum Gasteiger partial charge on any atom is -0.489 e. The lowest BCUT2D eigenvalue weighted by Gasteiger charge is -2.39. The number of carbonyl (C=O) groups excluding carboxylic acids is 1. The van der Waals surface area contributed by atoms with Gasteiger partial charge in [0.1, 0.15) is 23.8 Å². The SMILES string of the molecule is CC(C)[C@H]1COc2cc(S(=O)(=O)NC(=O)c3ccc(N4CCN(CC5=C(c6ccc(Cl)cc6)CC(C)(C)CC5)CC4)cc3Oc3cnc4[nH]ccc4c3)cc([N+](=O)[O-])c2N1. The molecule has 3 aliphatic rings. The van der Waals surface area contributed by atoms with Gasteiger partial charge in [-0.15, -0.1) is 0 Å². The van der Waals surface area contributed by atoms with Crippen LogP contribution in [-0.4, -0.2) is 79.5 Å². The minimum atomic E-state index is -4.63. The summed E-state index contributed by atoms with van der Waals surface area (Å²) in [5.41, 5.74) is 5.34. The predicted octanol–water partition coefficient (Wildman–Crippen LogP) is 8.65. The molecule has 0 bridgehead atoms. The van der Waals surface area contributed by atoms with Gasteiger partial charge in [-0.25, -0.2) is 18.1 Å². The molecule has 3 N–H and O–H groups in total. The third-order valence-corrected chi connectivity index (χ3v) is 13.2. The van der Waals surface area contributed by atoms with Gasteiger partial charge in [0, 0.05) is 73.2 Å². The van der Waals surface area contributed by atoms with Crippen molar-refractivity contribution >= 4 is 61.2 Å². The van der Waals surface area contributed by atoms with Gasteiger partial charge in [-0.3, -0.25) is 19.8 Å². The molecule has 0 radical (unpaired) electrons. The number of nitro benzene ring substituents is 1. The number of fused-ring (bicyclic) bond motifs is 2. The highest BCUT2D eigenvalue weighted by molar-refractivity contribution is 7.90. The first kappa shape index (κ1) is 41.1. The van der Waals surface area contributed by atoms with Gasteiger partial charge in [-0.2, -0.15) is 0 Å². The second kappa shape index (κ2) is 16.4. The van der Waals surface area contributed by atoms with Crippen molar-refractivity contribution in [1.82, 2.24) is 19.6 Å². The zero-order chi connectivity index (χ0) is 42.3. The van der Waals surface area contributed by atoms with Gasteiger partial charge in [0.2, 0.25) is 0 Å². The highest BCUT2D eigenvalue weighted by atomic mass is 35.5. The number of aromatic amines is 1. The molecule has 1 fully saturated rings. The molecule has 16 heteroatoms. The maximum absolute atomic E-state index is 13.9. The number of sulfonamides is 1. The van der Waals surface area contributed by atoms with E-state index < -0.39 is 31.4 Å². The fourth-order valence-electron chi connectivity index (χ4n) is 8.12. The van der Waals surface area contributed by atoms with E-state index in [-0.39, 0.29) is 46.7 Å². The number of H-pyrrole nitrogens is 1. The summed E-state index contributed by atoms with van der Waals surface area (Å²) < 4.78 is 41.7. The molecule has 4 heterocycles. The Hall–Kier alpha value is -5.64. The number of nitrogens with zero attached hydrogens (tertiary/aromatic N) is 4. The normalized spacial score (nSPS) is 18.2. The van der Waals surface area contributed by atoms with Crippen molar-refractivity contribution < 1.29 is 27.6 Å². The van der Waals surface area contributed by atoms with E-state index in [1.807, 2.05) is 32.0 Å². The molecule has 14 nitrogen and oxygen atoms in total. The van der Waals surface area contributed by atoms with Crippen LogP contribution in [0.2, 0.25) is 5.02 Å². The fraction of sp³-hybridized carbons (Fsp3) is 0.364. The molecule has 2 aromatic heterocycles. The first-order valence-electron chi connectivity index (χ1n) is 20.1. The van der Waals surface area contributed by atoms with Crippen LogP contribution in [0.5, 0.6) is 17.2 Å². The molecular weight excluding hydrogens is 806 g/mol. The standard InChI is InChI=1S/C44H48ClN7O7S/c1-27(2)37-26-58-40-22-34(21-38(52(54)55)41(40)48-37)60(56,57)49-43(53)35-10-9-32(20-39(35)59-33-19-29-12-14-46-42(29)47-24-33)51-17-15-50(16-18-51)25-30-11-13-44(3,4)23-36(30)28-5-7-31(45)8-6-28/h5-10,12,14,19-22,24,27,37,48H,11,13,15-18,23,25-26H2,1-4H3,(H,46,47)(H,49,53)/t37-/m1/s1. The molecule has 0 unspecified atom stereocenters. The average Bonchev–Trinajstić information content (AvgIpc) is 3.69. The van der Waals surface area contributed by atoms with Crippen LogP contribution in [0.3, 0.4) is 0 Å². The number of anilines is 2. The second-order valence-electron chi connectivity index (χ2n) is 16.9. The Balaban J connectivity index is 1.03. The molecule has 314 valence electrons. The van der Waals surface area contributed by atoms with Crippen molar-refractivity contribution in [3.8, 4) is 17.2 Å². The first-order valence-corrected chi connectivity index (χ1v) is 22.0. The predicted molar refractivity (Wildman–Crippen MR) is 233 cm³/mol. The van der Waals surface area contributed by atoms with Crippen LogP contribution in [0.1, 0.15) is 62.9 Å². The molecule has 1 atom stereocenters. The largest absolute Gasteiger partial charge is 0.489 e. The van der Waals surface area contributed by atoms with Crippen molar-refractivity contribution in [3.05, 3.63) is 111 Å². The summed E-state index contributed by atoms with van der Waals surface area (Å²) in [6.45, 7) is 12.7. The van der Waals surface area contributed by atoms with Gasteiger partial charge in [0.25, 0.3) is 21.6 Å². The highest BCUT2D eigenvalue weighted by Gasteiger charge is 2.34. The van der Waals surface area contributed by atoms with Crippen LogP contribution in [0, 0.1) is 21.4 Å². The average molecular weight is 854 g/mol. The van der Waals surface area contributed by atoms with Crippen LogP contribution in [0.4, 0.5) is 17.1 Å². The molecular formula is C44H48ClN7O7S. The van der Waals surface area contributed by atoms with E-state index in [0.717, 1.165) is 74.1 Å². The fourth-order valence-corrected chi connectivity index (χ4v) is 9.24. The van der Waals surface area contributed by atoms with Crippen LogP contribution < -0.4 is 24.4 Å². The van der Waals surface area contributed by atoms with Gasteiger partial charge in [0.15, 0.2) is 11.4 Å². The Morgan fingerprint density at radius 3 is 2.58 bits per heavy atom. The van der Waals surface area contributed by atoms with E-state index in [0.29, 0.717) is 11.4 Å². The molecule has 0 saturated carbocycles. The Morgan fingerprint density at radius 1 is 1.08 bits per heavy atom. The van der Waals surface area contributed by atoms with Crippen LogP contribution in [-0.2, 0) is 10.0 Å². The highest BCUT2D eigenvalue weighted by Crippen LogP contribution is 2.44. The van der Waals surface area contributed by atoms with E-state index >= 15 is 0 Å². The molecule has 8 rings (SSSR count). The topological polar surface area (TPSA) is 172 Å². The van der Waals surface area contributed by atoms with Crippen molar-refractivity contribution in [2.24, 2.45) is 11.3 Å². The van der Waals surface area contributed by atoms with Crippen molar-refractivity contribution in [2.45, 2.75) is 57.9 Å². The summed E-state index contributed by atoms with van der Waals surface area (Å²) in [5, 5.41) is 16.7. The molecule has 1 aliphatic carbocycles. The van der Waals surface area contributed by atoms with Crippen molar-refractivity contribution in [2.75, 3.05) is 49.5 Å². The lowest BCUT2D eigenvalue weighted by atomic mass is 9.72. The summed E-state index contributed by atoms with van der Waals surface area (Å²) >= 11 is 6.24. The maximum atomic E-state index is 13.9. The zero-order valence-electron chi connectivity index (χ0n) is 34.0. The maximum Gasteiger partial charge on any atom is 0.297 e. The van der Waals surface area contributed by atoms with Crippen molar-refractivity contribution in [1.29, 1.82) is 0 Å². The molecule has 2 aliphatic heterocycles. The molecule has 1 saturated heterocycles. The number of ether oxygens (including phenoxy) is 2. The number of amides is 1. The summed E-state index contributed by atoms with van der Waals surface area (Å²) in [6.07, 6.45) is 6.46. The number of hydrogen-bond acceptors (Lipinski definition) is 11. The number of nitrogens with one attached hydrogen (secondary N) is 3. The van der Waals surface area contributed by atoms with E-state index in [9.17, 15) is 23.3 Å². The Bertz CT molecular complexity index is 2600. The zero-order valence-corrected chi connectivity index (χ0v) is 35.5. The van der Waals surface area contributed by atoms with E-state index in [2.05, 4.69) is 55.8 Å². The number of hydrogen-bond donors (Lipinski definition) is 3. The van der Waals surface area contributed by atoms with E-state index in [4.69, 9.17) is 21.1 Å². The van der Waals surface area contributed by atoms with E-state index in [1.54, 1.807) is 24.4 Å². The third-order valence-electron chi connectivity index (χ3n) is 11.7. The third kappa shape index (κ3) is 8.79. The van der Waals surface area contributed by atoms with Gasteiger partial charge < -0.3 is 24.7 Å². The Morgan fingerprint density at radius 2 is 1.85 bits per heavy atom. The lowest BCUT2D eigenvalue weighted by molar-refractivity contribution is -0.384. The number of nitro groups is 1. The van der Waals surface area contributed by atoms with Crippen LogP contribution in [0.25, 0.3) is 16.6 Å². The first-order chi connectivity index (χ1) is 28.6. The summed E-state index contributed by atoms with van der Waals surface area (Å²) in [4.78, 5) is 37.1. The number of aromatic nitrogens is 2. The summed E-state index contributed by atoms with van der Waals surface area (Å²) in [5.74, 6) is -0.407. The molecule has 5 aromatic rings. The van der Waals surface area contributed by atoms with Crippen molar-refractivity contribution in [3.63, 3.8) is 0 Å². The molecule has 1 amide bonds. The van der Waals surface area contributed by atoms with E-state index in [1.165, 1.54) is 35.0 Å². The number of halogens is 1. The number of benzene rings is 3. The summed E-state index contributed by atoms with van der Waals surface area (Å²) in [6, 6.07) is 18.7. The minimum absolute atomic E-state index is 0.0106. The van der Waals surface area contributed by atoms with Gasteiger partial charge in [-0.05, 0) is 78.1 Å². The number of pyridine rings is 1. The number of rotatable bonds is 11. The quantitative estimate of drug-likeness (QED) is 0.0858. The number of allylic oxidation sites excluding steroid dienone is 1. The van der Waals surface area contributed by atoms with Crippen LogP contribution in [0.15, 0.2) is 89.6 Å². The van der Waals surface area contributed by atoms with Gasteiger partial charge >= 0.3 is 0 Å². The summed E-state index contributed by atoms with van der Waals surface area (Å²) in [7, 11) is -4.63. The monoisotopic (exact) mass is 853 g/mol. The molecule has 60 heavy (non-hydrogen) atoms. The second-order valence-corrected chi connectivity index (χ2v) is 19.0. The lowest BCUT2D eigenvalue weighted by Crippen LogP contribution is -2.47. The van der Waals surface area contributed by atoms with Gasteiger partial charge in [-0.1, -0.05) is 57.0 Å². The smallest absolute Gasteiger partial charge is 0.297 e. The molecule has 0 spiro atoms. The number of carbonyl (C=O) groups is 1. The van der Waals surface area contributed by atoms with Crippen LogP contribution >= 0.6 is 11.6 Å². The number of piperazine rings is 1.